The minimum absolute atomic E-state index is 0.00429. The third-order valence-electron chi connectivity index (χ3n) is 6.37. The molecule has 2 aliphatic heterocycles. The summed E-state index contributed by atoms with van der Waals surface area (Å²) in [4.78, 5) is 30.0. The zero-order chi connectivity index (χ0) is 24.0. The van der Waals surface area contributed by atoms with Crippen LogP contribution in [0.4, 0.5) is 15.0 Å². The second-order valence-corrected chi connectivity index (χ2v) is 11.1. The fourth-order valence-corrected chi connectivity index (χ4v) is 6.01. The molecular formula is C22H23ClFN5O3S2. The van der Waals surface area contributed by atoms with Crippen LogP contribution in [0.15, 0.2) is 29.0 Å². The highest BCUT2D eigenvalue weighted by molar-refractivity contribution is 7.16. The Bertz CT molecular complexity index is 1210. The molecular weight excluding hydrogens is 501 g/mol. The van der Waals surface area contributed by atoms with Crippen LogP contribution < -0.4 is 5.32 Å². The van der Waals surface area contributed by atoms with E-state index in [9.17, 15) is 14.7 Å². The molecule has 3 aromatic heterocycles. The number of amides is 2. The van der Waals surface area contributed by atoms with Gasteiger partial charge in [-0.1, -0.05) is 11.6 Å². The Kier molecular flexibility index (Phi) is 6.36. The van der Waals surface area contributed by atoms with Gasteiger partial charge in [0.1, 0.15) is 5.69 Å². The standard InChI is InChI=1S/C22H23ClFN5O3S2/c1-12-16(10-28(12)22(32)27-6-4-14(30)9-27)19-18(24)20(25-8-15-2-3-17(23)34-15)29(26-19)21(31)13-5-7-33-11-13/h2-3,5,7,11-12,14,16,25,30H,4,6,8-10H2,1H3. The second kappa shape index (κ2) is 9.29. The Morgan fingerprint density at radius 2 is 2.15 bits per heavy atom. The van der Waals surface area contributed by atoms with Crippen molar-refractivity contribution in [3.05, 3.63) is 55.2 Å². The third kappa shape index (κ3) is 4.21. The molecule has 8 nitrogen and oxygen atoms in total. The molecule has 3 aromatic rings. The molecule has 180 valence electrons. The van der Waals surface area contributed by atoms with Gasteiger partial charge in [-0.2, -0.15) is 21.1 Å². The van der Waals surface area contributed by atoms with E-state index in [0.717, 1.165) is 9.56 Å². The van der Waals surface area contributed by atoms with Gasteiger partial charge in [0.15, 0.2) is 11.6 Å². The van der Waals surface area contributed by atoms with E-state index in [1.54, 1.807) is 32.7 Å². The van der Waals surface area contributed by atoms with E-state index in [1.165, 1.54) is 22.7 Å². The molecule has 2 amide bonds. The number of halogens is 2. The minimum atomic E-state index is -0.591. The molecule has 0 aliphatic carbocycles. The summed E-state index contributed by atoms with van der Waals surface area (Å²) in [5.41, 5.74) is 0.584. The maximum Gasteiger partial charge on any atom is 0.320 e. The average molecular weight is 524 g/mol. The molecule has 0 radical (unpaired) electrons. The Labute approximate surface area is 208 Å². The molecule has 3 atom stereocenters. The fraction of sp³-hybridized carbons (Fsp3) is 0.409. The molecule has 12 heteroatoms. The van der Waals surface area contributed by atoms with E-state index in [-0.39, 0.29) is 29.5 Å². The van der Waals surface area contributed by atoms with E-state index in [2.05, 4.69) is 10.4 Å². The van der Waals surface area contributed by atoms with Gasteiger partial charge >= 0.3 is 6.03 Å². The Morgan fingerprint density at radius 3 is 2.76 bits per heavy atom. The van der Waals surface area contributed by atoms with Crippen molar-refractivity contribution in [1.82, 2.24) is 19.6 Å². The number of rotatable bonds is 5. The summed E-state index contributed by atoms with van der Waals surface area (Å²) in [6.07, 6.45) is 0.0606. The molecule has 5 heterocycles. The summed E-state index contributed by atoms with van der Waals surface area (Å²) in [6.45, 7) is 3.25. The van der Waals surface area contributed by atoms with Crippen LogP contribution in [0.25, 0.3) is 0 Å². The van der Waals surface area contributed by atoms with Gasteiger partial charge in [0.05, 0.1) is 22.5 Å². The topological polar surface area (TPSA) is 90.7 Å². The molecule has 3 unspecified atom stereocenters. The van der Waals surface area contributed by atoms with E-state index >= 15 is 4.39 Å². The van der Waals surface area contributed by atoms with Gasteiger partial charge in [-0.05, 0) is 36.9 Å². The summed E-state index contributed by atoms with van der Waals surface area (Å²) in [5.74, 6) is -1.36. The first kappa shape index (κ1) is 23.3. The first-order chi connectivity index (χ1) is 16.3. The van der Waals surface area contributed by atoms with Crippen LogP contribution in [-0.4, -0.2) is 68.4 Å². The Hall–Kier alpha value is -2.47. The normalized spacial score (nSPS) is 22.2. The molecule has 5 rings (SSSR count). The monoisotopic (exact) mass is 523 g/mol. The molecule has 2 N–H and O–H groups in total. The second-order valence-electron chi connectivity index (χ2n) is 8.51. The number of aliphatic hydroxyl groups excluding tert-OH is 1. The van der Waals surface area contributed by atoms with Crippen LogP contribution in [0.5, 0.6) is 0 Å². The maximum atomic E-state index is 15.7. The van der Waals surface area contributed by atoms with Crippen LogP contribution in [0.3, 0.4) is 0 Å². The first-order valence-electron chi connectivity index (χ1n) is 10.9. The molecule has 0 aromatic carbocycles. The highest BCUT2D eigenvalue weighted by Gasteiger charge is 2.45. The molecule has 34 heavy (non-hydrogen) atoms. The van der Waals surface area contributed by atoms with Gasteiger partial charge in [0, 0.05) is 41.9 Å². The lowest BCUT2D eigenvalue weighted by atomic mass is 9.87. The van der Waals surface area contributed by atoms with E-state index in [0.29, 0.717) is 42.5 Å². The van der Waals surface area contributed by atoms with Gasteiger partial charge < -0.3 is 20.2 Å². The van der Waals surface area contributed by atoms with Crippen molar-refractivity contribution < 1.29 is 19.1 Å². The van der Waals surface area contributed by atoms with Gasteiger partial charge in [0.2, 0.25) is 0 Å². The smallest absolute Gasteiger partial charge is 0.320 e. The lowest BCUT2D eigenvalue weighted by Crippen LogP contribution is -2.59. The number of nitrogens with one attached hydrogen (secondary N) is 1. The van der Waals surface area contributed by atoms with Crippen molar-refractivity contribution in [3.63, 3.8) is 0 Å². The molecule has 0 spiro atoms. The average Bonchev–Trinajstić information content (AvgIpc) is 3.60. The van der Waals surface area contributed by atoms with Crippen LogP contribution in [-0.2, 0) is 6.54 Å². The van der Waals surface area contributed by atoms with Crippen LogP contribution >= 0.6 is 34.3 Å². The van der Waals surface area contributed by atoms with Crippen LogP contribution in [0, 0.1) is 5.82 Å². The van der Waals surface area contributed by atoms with Gasteiger partial charge in [-0.3, -0.25) is 4.79 Å². The molecule has 2 fully saturated rings. The Balaban J connectivity index is 1.39. The van der Waals surface area contributed by atoms with Gasteiger partial charge in [-0.25, -0.2) is 9.18 Å². The Morgan fingerprint density at radius 1 is 1.32 bits per heavy atom. The summed E-state index contributed by atoms with van der Waals surface area (Å²) in [7, 11) is 0. The first-order valence-corrected chi connectivity index (χ1v) is 13.0. The number of likely N-dealkylation sites (tertiary alicyclic amines) is 2. The number of anilines is 1. The summed E-state index contributed by atoms with van der Waals surface area (Å²) in [5, 5.41) is 20.6. The predicted octanol–water partition coefficient (Wildman–Crippen LogP) is 4.07. The molecule has 2 aliphatic rings. The highest BCUT2D eigenvalue weighted by Crippen LogP contribution is 2.38. The van der Waals surface area contributed by atoms with Crippen molar-refractivity contribution in [1.29, 1.82) is 0 Å². The SMILES string of the molecule is CC1C(c2nn(C(=O)c3ccsc3)c(NCc3ccc(Cl)s3)c2F)CN1C(=O)N1CCC(O)C1. The van der Waals surface area contributed by atoms with Crippen molar-refractivity contribution in [2.75, 3.05) is 25.0 Å². The quantitative estimate of drug-likeness (QED) is 0.526. The lowest BCUT2D eigenvalue weighted by molar-refractivity contribution is 0.0714. The van der Waals surface area contributed by atoms with Crippen molar-refractivity contribution in [3.8, 4) is 0 Å². The fourth-order valence-electron chi connectivity index (χ4n) is 4.35. The molecule has 0 saturated carbocycles. The van der Waals surface area contributed by atoms with Crippen molar-refractivity contribution in [2.24, 2.45) is 0 Å². The lowest BCUT2D eigenvalue weighted by Gasteiger charge is -2.46. The number of thiophene rings is 2. The third-order valence-corrected chi connectivity index (χ3v) is 8.28. The van der Waals surface area contributed by atoms with E-state index < -0.39 is 17.8 Å². The van der Waals surface area contributed by atoms with Gasteiger partial charge in [-0.15, -0.1) is 11.3 Å². The number of aromatic nitrogens is 2. The van der Waals surface area contributed by atoms with Crippen molar-refractivity contribution >= 4 is 52.0 Å². The number of carbonyl (C=O) groups is 2. The minimum Gasteiger partial charge on any atom is -0.391 e. The number of nitrogens with zero attached hydrogens (tertiary/aromatic N) is 4. The molecule has 0 bridgehead atoms. The zero-order valence-corrected chi connectivity index (χ0v) is 20.7. The maximum absolute atomic E-state index is 15.7. The number of urea groups is 1. The molecule has 2 saturated heterocycles. The number of carbonyl (C=O) groups excluding carboxylic acids is 2. The predicted molar refractivity (Wildman–Crippen MR) is 129 cm³/mol. The van der Waals surface area contributed by atoms with Crippen LogP contribution in [0.1, 0.15) is 40.2 Å². The summed E-state index contributed by atoms with van der Waals surface area (Å²) < 4.78 is 17.4. The number of β-amino-alcohol motifs (C(OH)–C–C–N with tert-alkyl or cyclic N) is 1. The number of hydrogen-bond donors (Lipinski definition) is 2. The highest BCUT2D eigenvalue weighted by atomic mass is 35.5. The number of aliphatic hydroxyl groups is 1. The van der Waals surface area contributed by atoms with Crippen LogP contribution in [0.2, 0.25) is 4.34 Å². The van der Waals surface area contributed by atoms with E-state index in [1.807, 2.05) is 13.0 Å². The largest absolute Gasteiger partial charge is 0.391 e. The summed E-state index contributed by atoms with van der Waals surface area (Å²) >= 11 is 8.75. The summed E-state index contributed by atoms with van der Waals surface area (Å²) in [6, 6.07) is 4.82. The van der Waals surface area contributed by atoms with Crippen molar-refractivity contribution in [2.45, 2.75) is 38.0 Å². The van der Waals surface area contributed by atoms with E-state index in [4.69, 9.17) is 11.6 Å². The number of hydrogen-bond acceptors (Lipinski definition) is 7. The van der Waals surface area contributed by atoms with Gasteiger partial charge in [0.25, 0.3) is 5.91 Å². The zero-order valence-electron chi connectivity index (χ0n) is 18.3.